The zero-order valence-electron chi connectivity index (χ0n) is 9.80. The monoisotopic (exact) mass is 295 g/mol. The van der Waals surface area contributed by atoms with E-state index in [0.29, 0.717) is 14.8 Å². The summed E-state index contributed by atoms with van der Waals surface area (Å²) in [5, 5.41) is 11.7. The van der Waals surface area contributed by atoms with Gasteiger partial charge in [0.2, 0.25) is 0 Å². The maximum absolute atomic E-state index is 11.6. The molecule has 1 heterocycles. The maximum atomic E-state index is 11.6. The number of amides is 1. The van der Waals surface area contributed by atoms with Gasteiger partial charge in [0.1, 0.15) is 15.6 Å². The molecule has 0 saturated carbocycles. The second kappa shape index (κ2) is 5.41. The van der Waals surface area contributed by atoms with Crippen LogP contribution in [0.5, 0.6) is 5.75 Å². The van der Waals surface area contributed by atoms with Gasteiger partial charge in [0.15, 0.2) is 0 Å². The molecule has 0 spiro atoms. The van der Waals surface area contributed by atoms with Crippen LogP contribution in [0.25, 0.3) is 6.08 Å². The van der Waals surface area contributed by atoms with E-state index in [0.717, 1.165) is 11.8 Å². The number of benzene rings is 1. The number of methoxy groups -OCH3 is 1. The van der Waals surface area contributed by atoms with Crippen molar-refractivity contribution in [1.29, 1.82) is 0 Å². The lowest BCUT2D eigenvalue weighted by molar-refractivity contribution is -0.115. The van der Waals surface area contributed by atoms with Crippen molar-refractivity contribution >= 4 is 46.3 Å². The van der Waals surface area contributed by atoms with E-state index in [9.17, 15) is 14.7 Å². The number of nitrogens with one attached hydrogen (secondary N) is 1. The first-order valence-electron chi connectivity index (χ1n) is 5.18. The largest absolute Gasteiger partial charge is 0.496 e. The van der Waals surface area contributed by atoms with E-state index < -0.39 is 5.97 Å². The molecule has 0 radical (unpaired) electrons. The molecule has 1 aliphatic heterocycles. The van der Waals surface area contributed by atoms with Crippen LogP contribution in [0, 0.1) is 0 Å². The SMILES string of the molecule is COc1cccc(C=C2SC(=S)NC2=O)c1C(=O)O. The highest BCUT2D eigenvalue weighted by atomic mass is 32.2. The normalized spacial score (nSPS) is 16.6. The molecule has 98 valence electrons. The predicted molar refractivity (Wildman–Crippen MR) is 76.3 cm³/mol. The molecule has 0 aliphatic carbocycles. The number of rotatable bonds is 3. The molecule has 1 aliphatic rings. The fourth-order valence-electron chi connectivity index (χ4n) is 1.63. The first-order valence-corrected chi connectivity index (χ1v) is 6.40. The van der Waals surface area contributed by atoms with Gasteiger partial charge in [0, 0.05) is 0 Å². The van der Waals surface area contributed by atoms with Gasteiger partial charge < -0.3 is 15.2 Å². The van der Waals surface area contributed by atoms with Crippen LogP contribution >= 0.6 is 24.0 Å². The van der Waals surface area contributed by atoms with Crippen LogP contribution in [0.4, 0.5) is 0 Å². The Labute approximate surface area is 118 Å². The van der Waals surface area contributed by atoms with E-state index in [-0.39, 0.29) is 17.2 Å². The smallest absolute Gasteiger partial charge is 0.340 e. The highest BCUT2D eigenvalue weighted by Crippen LogP contribution is 2.29. The molecular weight excluding hydrogens is 286 g/mol. The summed E-state index contributed by atoms with van der Waals surface area (Å²) >= 11 is 5.97. The van der Waals surface area contributed by atoms with Crippen molar-refractivity contribution < 1.29 is 19.4 Å². The molecule has 1 fully saturated rings. The molecule has 7 heteroatoms. The number of ether oxygens (including phenoxy) is 1. The Bertz CT molecular complexity index is 610. The number of carbonyl (C=O) groups excluding carboxylic acids is 1. The van der Waals surface area contributed by atoms with E-state index in [1.54, 1.807) is 18.2 Å². The Hall–Kier alpha value is -1.86. The Morgan fingerprint density at radius 3 is 2.79 bits per heavy atom. The van der Waals surface area contributed by atoms with E-state index in [2.05, 4.69) is 5.32 Å². The van der Waals surface area contributed by atoms with Crippen molar-refractivity contribution in [3.63, 3.8) is 0 Å². The lowest BCUT2D eigenvalue weighted by Gasteiger charge is -2.07. The van der Waals surface area contributed by atoms with Gasteiger partial charge in [-0.05, 0) is 17.7 Å². The van der Waals surface area contributed by atoms with Crippen LogP contribution in [-0.2, 0) is 4.79 Å². The maximum Gasteiger partial charge on any atom is 0.340 e. The molecular formula is C12H9NO4S2. The fraction of sp³-hybridized carbons (Fsp3) is 0.0833. The highest BCUT2D eigenvalue weighted by molar-refractivity contribution is 8.26. The summed E-state index contributed by atoms with van der Waals surface area (Å²) in [5.74, 6) is -1.20. The number of hydrogen-bond acceptors (Lipinski definition) is 5. The third-order valence-electron chi connectivity index (χ3n) is 2.42. The molecule has 1 aromatic rings. The van der Waals surface area contributed by atoms with Crippen molar-refractivity contribution in [2.24, 2.45) is 0 Å². The van der Waals surface area contributed by atoms with Crippen LogP contribution in [0.15, 0.2) is 23.1 Å². The molecule has 0 bridgehead atoms. The Balaban J connectivity index is 2.51. The topological polar surface area (TPSA) is 75.6 Å². The Morgan fingerprint density at radius 1 is 1.53 bits per heavy atom. The van der Waals surface area contributed by atoms with Gasteiger partial charge in [-0.2, -0.15) is 0 Å². The van der Waals surface area contributed by atoms with Crippen molar-refractivity contribution in [3.8, 4) is 5.75 Å². The first-order chi connectivity index (χ1) is 9.02. The quantitative estimate of drug-likeness (QED) is 0.655. The standard InChI is InChI=1S/C12H9NO4S2/c1-17-7-4-2-3-6(9(7)11(15)16)5-8-10(14)13-12(18)19-8/h2-5H,1H3,(H,15,16)(H,13,14,18). The summed E-state index contributed by atoms with van der Waals surface area (Å²) in [6.07, 6.45) is 1.49. The molecule has 1 aromatic carbocycles. The number of carboxylic acid groups (broad SMARTS) is 1. The van der Waals surface area contributed by atoms with E-state index >= 15 is 0 Å². The zero-order valence-corrected chi connectivity index (χ0v) is 11.4. The number of carboxylic acids is 1. The minimum absolute atomic E-state index is 0.0173. The second-order valence-corrected chi connectivity index (χ2v) is 5.30. The molecule has 0 aromatic heterocycles. The minimum Gasteiger partial charge on any atom is -0.496 e. The Morgan fingerprint density at radius 2 is 2.26 bits per heavy atom. The van der Waals surface area contributed by atoms with Gasteiger partial charge in [-0.1, -0.05) is 36.1 Å². The minimum atomic E-state index is -1.12. The Kier molecular flexibility index (Phi) is 3.87. The number of thiocarbonyl (C=S) groups is 1. The van der Waals surface area contributed by atoms with Crippen molar-refractivity contribution in [2.45, 2.75) is 0 Å². The number of carbonyl (C=O) groups is 2. The summed E-state index contributed by atoms with van der Waals surface area (Å²) in [6, 6.07) is 4.82. The molecule has 2 N–H and O–H groups in total. The summed E-state index contributed by atoms with van der Waals surface area (Å²) in [4.78, 5) is 23.2. The number of aromatic carboxylic acids is 1. The van der Waals surface area contributed by atoms with Crippen LogP contribution in [0.2, 0.25) is 0 Å². The zero-order chi connectivity index (χ0) is 14.0. The van der Waals surface area contributed by atoms with Crippen LogP contribution in [0.1, 0.15) is 15.9 Å². The molecule has 0 unspecified atom stereocenters. The van der Waals surface area contributed by atoms with E-state index in [1.165, 1.54) is 13.2 Å². The van der Waals surface area contributed by atoms with Crippen LogP contribution in [-0.4, -0.2) is 28.4 Å². The van der Waals surface area contributed by atoms with Crippen molar-refractivity contribution in [2.75, 3.05) is 7.11 Å². The number of hydrogen-bond donors (Lipinski definition) is 2. The molecule has 0 atom stereocenters. The van der Waals surface area contributed by atoms with Crippen LogP contribution < -0.4 is 10.1 Å². The highest BCUT2D eigenvalue weighted by Gasteiger charge is 2.23. The third-order valence-corrected chi connectivity index (χ3v) is 3.58. The second-order valence-electron chi connectivity index (χ2n) is 3.58. The molecule has 1 amide bonds. The summed E-state index contributed by atoms with van der Waals surface area (Å²) in [6.45, 7) is 0. The molecule has 1 saturated heterocycles. The summed E-state index contributed by atoms with van der Waals surface area (Å²) < 4.78 is 5.37. The van der Waals surface area contributed by atoms with Gasteiger partial charge in [0.05, 0.1) is 12.0 Å². The van der Waals surface area contributed by atoms with Crippen molar-refractivity contribution in [3.05, 3.63) is 34.2 Å². The van der Waals surface area contributed by atoms with Gasteiger partial charge in [-0.15, -0.1) is 0 Å². The first kappa shape index (κ1) is 13.6. The summed E-state index contributed by atoms with van der Waals surface area (Å²) in [5.41, 5.74) is 0.415. The summed E-state index contributed by atoms with van der Waals surface area (Å²) in [7, 11) is 1.39. The third kappa shape index (κ3) is 2.77. The predicted octanol–water partition coefficient (Wildman–Crippen LogP) is 1.88. The average molecular weight is 295 g/mol. The van der Waals surface area contributed by atoms with Crippen molar-refractivity contribution in [1.82, 2.24) is 5.32 Å². The molecule has 19 heavy (non-hydrogen) atoms. The molecule has 5 nitrogen and oxygen atoms in total. The average Bonchev–Trinajstić information content (AvgIpc) is 2.67. The van der Waals surface area contributed by atoms with Crippen LogP contribution in [0.3, 0.4) is 0 Å². The van der Waals surface area contributed by atoms with Gasteiger partial charge in [-0.3, -0.25) is 4.79 Å². The van der Waals surface area contributed by atoms with Gasteiger partial charge >= 0.3 is 5.97 Å². The van der Waals surface area contributed by atoms with Gasteiger partial charge in [-0.25, -0.2) is 4.79 Å². The van der Waals surface area contributed by atoms with E-state index in [1.807, 2.05) is 0 Å². The lowest BCUT2D eigenvalue weighted by Crippen LogP contribution is -2.17. The van der Waals surface area contributed by atoms with Gasteiger partial charge in [0.25, 0.3) is 5.91 Å². The number of thioether (sulfide) groups is 1. The lowest BCUT2D eigenvalue weighted by atomic mass is 10.1. The van der Waals surface area contributed by atoms with E-state index in [4.69, 9.17) is 17.0 Å². The molecule has 2 rings (SSSR count). The fourth-order valence-corrected chi connectivity index (χ4v) is 2.66.